The molecule has 1 aliphatic rings. The number of aromatic amines is 1. The Morgan fingerprint density at radius 3 is 2.75 bits per heavy atom. The quantitative estimate of drug-likeness (QED) is 0.347. The van der Waals surface area contributed by atoms with Crippen molar-refractivity contribution in [1.82, 2.24) is 9.97 Å². The Kier molecular flexibility index (Phi) is 5.59. The molecule has 28 heavy (non-hydrogen) atoms. The highest BCUT2D eigenvalue weighted by atomic mass is 33.1. The van der Waals surface area contributed by atoms with Gasteiger partial charge in [0.05, 0.1) is 19.1 Å². The van der Waals surface area contributed by atoms with E-state index < -0.39 is 0 Å². The highest BCUT2D eigenvalue weighted by molar-refractivity contribution is 8.76. The van der Waals surface area contributed by atoms with Crippen LogP contribution in [0.5, 0.6) is 17.2 Å². The first kappa shape index (κ1) is 19.3. The van der Waals surface area contributed by atoms with Crippen molar-refractivity contribution in [2.45, 2.75) is 32.9 Å². The van der Waals surface area contributed by atoms with Crippen LogP contribution in [0.2, 0.25) is 0 Å². The summed E-state index contributed by atoms with van der Waals surface area (Å²) in [4.78, 5) is 8.25. The minimum atomic E-state index is 0.261. The summed E-state index contributed by atoms with van der Waals surface area (Å²) < 4.78 is 18.8. The Balaban J connectivity index is 1.78. The van der Waals surface area contributed by atoms with Crippen LogP contribution in [0.4, 0.5) is 0 Å². The van der Waals surface area contributed by atoms with Gasteiger partial charge in [0, 0.05) is 29.0 Å². The lowest BCUT2D eigenvalue weighted by atomic mass is 10.1. The Bertz CT molecular complexity index is 979. The van der Waals surface area contributed by atoms with Crippen LogP contribution in [-0.2, 0) is 5.75 Å². The van der Waals surface area contributed by atoms with Crippen molar-refractivity contribution in [1.29, 1.82) is 0 Å². The molecule has 0 radical (unpaired) electrons. The molecule has 0 amide bonds. The van der Waals surface area contributed by atoms with Gasteiger partial charge in [0.25, 0.3) is 0 Å². The molecule has 0 atom stereocenters. The van der Waals surface area contributed by atoms with Gasteiger partial charge in [-0.3, -0.25) is 0 Å². The Labute approximate surface area is 172 Å². The van der Waals surface area contributed by atoms with Crippen molar-refractivity contribution < 1.29 is 18.8 Å². The fourth-order valence-electron chi connectivity index (χ4n) is 3.36. The molecule has 0 spiro atoms. The fraction of sp³-hybridized carbons (Fsp3) is 0.400. The number of aryl methyl sites for hydroxylation is 1. The summed E-state index contributed by atoms with van der Waals surface area (Å²) in [6.07, 6.45) is 3.26. The van der Waals surface area contributed by atoms with E-state index >= 15 is 0 Å². The van der Waals surface area contributed by atoms with Gasteiger partial charge in [0.1, 0.15) is 17.0 Å². The van der Waals surface area contributed by atoms with Crippen molar-refractivity contribution in [3.05, 3.63) is 35.2 Å². The topological polar surface area (TPSA) is 60.2 Å². The van der Waals surface area contributed by atoms with Crippen molar-refractivity contribution in [2.24, 2.45) is 0 Å². The molecule has 3 heterocycles. The minimum absolute atomic E-state index is 0.261. The number of nitrogens with zero attached hydrogens (tertiary/aromatic N) is 2. The molecule has 2 aromatic heterocycles. The maximum Gasteiger partial charge on any atom is 0.402 e. The molecule has 6 nitrogen and oxygen atoms in total. The predicted molar refractivity (Wildman–Crippen MR) is 114 cm³/mol. The third-order valence-electron chi connectivity index (χ3n) is 4.71. The number of aromatic nitrogens is 3. The second-order valence-electron chi connectivity index (χ2n) is 6.65. The molecule has 1 aromatic carbocycles. The minimum Gasteiger partial charge on any atom is -0.496 e. The number of hydrogen-bond donors (Lipinski definition) is 1. The number of ether oxygens (including phenoxy) is 3. The monoisotopic (exact) mass is 418 g/mol. The zero-order valence-corrected chi connectivity index (χ0v) is 18.1. The van der Waals surface area contributed by atoms with Gasteiger partial charge in [-0.2, -0.15) is 0 Å². The fourth-order valence-corrected chi connectivity index (χ4v) is 5.63. The molecule has 0 fully saturated rings. The Hall–Kier alpha value is -2.06. The maximum absolute atomic E-state index is 5.65. The van der Waals surface area contributed by atoms with Gasteiger partial charge in [-0.15, -0.1) is 0 Å². The summed E-state index contributed by atoms with van der Waals surface area (Å²) in [5.74, 6) is 5.22. The van der Waals surface area contributed by atoms with Gasteiger partial charge >= 0.3 is 5.95 Å². The number of rotatable bonds is 7. The van der Waals surface area contributed by atoms with Gasteiger partial charge in [0.2, 0.25) is 6.79 Å². The van der Waals surface area contributed by atoms with E-state index in [-0.39, 0.29) is 6.79 Å². The van der Waals surface area contributed by atoms with Gasteiger partial charge in [0.15, 0.2) is 17.0 Å². The number of methoxy groups -OCH3 is 1. The predicted octanol–water partition coefficient (Wildman–Crippen LogP) is 4.49. The first-order chi connectivity index (χ1) is 13.6. The number of nitrogens with one attached hydrogen (secondary N) is 1. The average Bonchev–Trinajstić information content (AvgIpc) is 3.30. The van der Waals surface area contributed by atoms with Gasteiger partial charge in [-0.05, 0) is 20.3 Å². The summed E-state index contributed by atoms with van der Waals surface area (Å²) in [6.45, 7) is 6.63. The lowest BCUT2D eigenvalue weighted by Gasteiger charge is -2.15. The third kappa shape index (κ3) is 3.51. The van der Waals surface area contributed by atoms with Crippen LogP contribution in [-0.4, -0.2) is 29.6 Å². The summed E-state index contributed by atoms with van der Waals surface area (Å²) in [6, 6.07) is 3.87. The van der Waals surface area contributed by atoms with Crippen molar-refractivity contribution in [3.63, 3.8) is 0 Å². The molecule has 8 heteroatoms. The number of benzene rings is 1. The summed E-state index contributed by atoms with van der Waals surface area (Å²) in [5, 5.41) is 0. The van der Waals surface area contributed by atoms with Crippen LogP contribution in [0.25, 0.3) is 17.0 Å². The van der Waals surface area contributed by atoms with E-state index in [1.165, 1.54) is 12.1 Å². The second-order valence-corrected chi connectivity index (χ2v) is 9.24. The SMILES string of the molecule is CCCSSCc1c(C)c(OC)c(C)c[n+]1-c1nc2cc3c(cc2[nH]1)OCO3. The summed E-state index contributed by atoms with van der Waals surface area (Å²) in [5.41, 5.74) is 5.18. The van der Waals surface area contributed by atoms with E-state index in [1.807, 2.05) is 33.7 Å². The van der Waals surface area contributed by atoms with Crippen molar-refractivity contribution in [2.75, 3.05) is 19.7 Å². The van der Waals surface area contributed by atoms with E-state index in [9.17, 15) is 0 Å². The zero-order valence-electron chi connectivity index (χ0n) is 16.5. The first-order valence-electron chi connectivity index (χ1n) is 9.25. The lowest BCUT2D eigenvalue weighted by molar-refractivity contribution is -0.611. The van der Waals surface area contributed by atoms with Crippen LogP contribution < -0.4 is 18.8 Å². The van der Waals surface area contributed by atoms with Crippen LogP contribution in [0.15, 0.2) is 18.3 Å². The normalized spacial score (nSPS) is 12.7. The highest BCUT2D eigenvalue weighted by Gasteiger charge is 2.25. The molecule has 1 aliphatic heterocycles. The molecule has 0 saturated heterocycles. The van der Waals surface area contributed by atoms with Crippen LogP contribution in [0, 0.1) is 13.8 Å². The van der Waals surface area contributed by atoms with Gasteiger partial charge < -0.3 is 14.2 Å². The molecule has 3 aromatic rings. The molecule has 0 saturated carbocycles. The largest absolute Gasteiger partial charge is 0.496 e. The summed E-state index contributed by atoms with van der Waals surface area (Å²) >= 11 is 0. The van der Waals surface area contributed by atoms with E-state index in [2.05, 4.69) is 36.5 Å². The Morgan fingerprint density at radius 2 is 2.00 bits per heavy atom. The number of pyridine rings is 1. The number of H-pyrrole nitrogens is 1. The number of fused-ring (bicyclic) bond motifs is 2. The Morgan fingerprint density at radius 1 is 1.21 bits per heavy atom. The molecular weight excluding hydrogens is 394 g/mol. The molecular formula is C20H24N3O3S2+. The van der Waals surface area contributed by atoms with Crippen molar-refractivity contribution >= 4 is 32.6 Å². The number of hydrogen-bond acceptors (Lipinski definition) is 6. The smallest absolute Gasteiger partial charge is 0.402 e. The molecule has 0 unspecified atom stereocenters. The zero-order chi connectivity index (χ0) is 19.7. The number of imidazole rings is 1. The van der Waals surface area contributed by atoms with E-state index in [0.29, 0.717) is 0 Å². The van der Waals surface area contributed by atoms with Crippen molar-refractivity contribution in [3.8, 4) is 23.2 Å². The first-order valence-corrected chi connectivity index (χ1v) is 11.7. The molecule has 1 N–H and O–H groups in total. The second kappa shape index (κ2) is 8.13. The van der Waals surface area contributed by atoms with Crippen LogP contribution in [0.1, 0.15) is 30.2 Å². The van der Waals surface area contributed by atoms with Gasteiger partial charge in [-0.25, -0.2) is 9.55 Å². The maximum atomic E-state index is 5.65. The van der Waals surface area contributed by atoms with Gasteiger partial charge in [-0.1, -0.05) is 33.5 Å². The summed E-state index contributed by atoms with van der Waals surface area (Å²) in [7, 11) is 5.49. The average molecular weight is 419 g/mol. The van der Waals surface area contributed by atoms with Crippen LogP contribution >= 0.6 is 21.6 Å². The van der Waals surface area contributed by atoms with E-state index in [1.54, 1.807) is 7.11 Å². The highest BCUT2D eigenvalue weighted by Crippen LogP contribution is 2.36. The lowest BCUT2D eigenvalue weighted by Crippen LogP contribution is -2.38. The van der Waals surface area contributed by atoms with Crippen LogP contribution in [0.3, 0.4) is 0 Å². The third-order valence-corrected chi connectivity index (χ3v) is 7.19. The molecule has 148 valence electrons. The molecule has 0 aliphatic carbocycles. The molecule has 4 rings (SSSR count). The van der Waals surface area contributed by atoms with E-state index in [0.717, 1.165) is 56.9 Å². The van der Waals surface area contributed by atoms with E-state index in [4.69, 9.17) is 19.2 Å². The standard InChI is InChI=1S/C20H24N3O3S2/c1-5-6-27-28-10-16-13(3)19(24-4)12(2)9-23(16)20-21-14-7-17-18(26-11-25-17)8-15(14)22-20/h7-9H,5-6,10-11H2,1-4H3,(H,21,22)/q+1. The molecule has 0 bridgehead atoms.